The molecule has 16 heavy (non-hydrogen) atoms. The van der Waals surface area contributed by atoms with Gasteiger partial charge in [-0.2, -0.15) is 11.8 Å². The van der Waals surface area contributed by atoms with Crippen molar-refractivity contribution in [2.45, 2.75) is 45.1 Å². The molecule has 0 amide bonds. The molecule has 0 aromatic carbocycles. The number of hydrogen-bond donors (Lipinski definition) is 2. The zero-order chi connectivity index (χ0) is 11.8. The first-order valence-corrected chi connectivity index (χ1v) is 8.06. The van der Waals surface area contributed by atoms with Crippen LogP contribution in [0.2, 0.25) is 0 Å². The van der Waals surface area contributed by atoms with Crippen LogP contribution in [0, 0.1) is 5.92 Å². The molecule has 94 valence electrons. The molecule has 1 fully saturated rings. The first kappa shape index (κ1) is 14.1. The Balaban J connectivity index is 2.10. The van der Waals surface area contributed by atoms with Crippen LogP contribution in [0.5, 0.6) is 0 Å². The van der Waals surface area contributed by atoms with Gasteiger partial charge in [0.1, 0.15) is 0 Å². The zero-order valence-electron chi connectivity index (χ0n) is 10.4. The maximum atomic E-state index is 5.31. The number of thioether (sulfide) groups is 1. The van der Waals surface area contributed by atoms with Crippen LogP contribution in [0.4, 0.5) is 0 Å². The summed E-state index contributed by atoms with van der Waals surface area (Å²) in [6, 6.07) is 0.615. The van der Waals surface area contributed by atoms with Crippen molar-refractivity contribution in [3.63, 3.8) is 0 Å². The van der Waals surface area contributed by atoms with Crippen molar-refractivity contribution >= 4 is 29.1 Å². The Bertz CT molecular complexity index is 203. The third kappa shape index (κ3) is 5.94. The highest BCUT2D eigenvalue weighted by molar-refractivity contribution is 7.98. The van der Waals surface area contributed by atoms with E-state index in [9.17, 15) is 0 Å². The van der Waals surface area contributed by atoms with E-state index in [0.717, 1.165) is 11.7 Å². The van der Waals surface area contributed by atoms with E-state index in [4.69, 9.17) is 12.2 Å². The summed E-state index contributed by atoms with van der Waals surface area (Å²) in [5.41, 5.74) is 0. The van der Waals surface area contributed by atoms with E-state index < -0.39 is 0 Å². The van der Waals surface area contributed by atoms with Gasteiger partial charge in [0.05, 0.1) is 0 Å². The molecule has 2 nitrogen and oxygen atoms in total. The normalized spacial score (nSPS) is 19.1. The first-order valence-electron chi connectivity index (χ1n) is 6.25. The molecule has 0 radical (unpaired) electrons. The molecule has 1 saturated carbocycles. The summed E-state index contributed by atoms with van der Waals surface area (Å²) < 4.78 is 0. The highest BCUT2D eigenvalue weighted by Gasteiger charge is 2.13. The topological polar surface area (TPSA) is 24.1 Å². The second-order valence-corrected chi connectivity index (χ2v) is 6.07. The molecule has 0 bridgehead atoms. The summed E-state index contributed by atoms with van der Waals surface area (Å²) in [7, 11) is 0. The molecule has 0 aromatic rings. The van der Waals surface area contributed by atoms with E-state index in [0.29, 0.717) is 12.0 Å². The minimum atomic E-state index is 0.615. The third-order valence-electron chi connectivity index (χ3n) is 3.00. The lowest BCUT2D eigenvalue weighted by molar-refractivity contribution is 0.411. The Morgan fingerprint density at radius 1 is 1.38 bits per heavy atom. The molecule has 0 saturated heterocycles. The fourth-order valence-corrected chi connectivity index (χ4v) is 3.03. The smallest absolute Gasteiger partial charge is 0.166 e. The molecule has 1 unspecified atom stereocenters. The summed E-state index contributed by atoms with van der Waals surface area (Å²) in [6.07, 6.45) is 8.80. The predicted molar refractivity (Wildman–Crippen MR) is 78.2 cm³/mol. The van der Waals surface area contributed by atoms with Crippen molar-refractivity contribution in [3.05, 3.63) is 0 Å². The maximum absolute atomic E-state index is 5.31. The van der Waals surface area contributed by atoms with E-state index in [1.54, 1.807) is 0 Å². The van der Waals surface area contributed by atoms with Gasteiger partial charge in [0.2, 0.25) is 0 Å². The van der Waals surface area contributed by atoms with E-state index in [2.05, 4.69) is 23.8 Å². The molecule has 1 rings (SSSR count). The first-order chi connectivity index (χ1) is 7.72. The minimum absolute atomic E-state index is 0.615. The number of hydrogen-bond acceptors (Lipinski definition) is 2. The molecular weight excluding hydrogens is 236 g/mol. The Morgan fingerprint density at radius 2 is 2.06 bits per heavy atom. The van der Waals surface area contributed by atoms with Gasteiger partial charge in [-0.15, -0.1) is 0 Å². The van der Waals surface area contributed by atoms with Crippen LogP contribution < -0.4 is 10.6 Å². The maximum Gasteiger partial charge on any atom is 0.166 e. The minimum Gasteiger partial charge on any atom is -0.362 e. The highest BCUT2D eigenvalue weighted by atomic mass is 32.2. The molecule has 0 spiro atoms. The van der Waals surface area contributed by atoms with Crippen molar-refractivity contribution in [1.29, 1.82) is 0 Å². The SMILES string of the molecule is CSCC(C)CNC(=S)NC1CCCCC1. The molecule has 4 heteroatoms. The largest absolute Gasteiger partial charge is 0.362 e. The van der Waals surface area contributed by atoms with Gasteiger partial charge in [0, 0.05) is 12.6 Å². The van der Waals surface area contributed by atoms with Gasteiger partial charge in [-0.3, -0.25) is 0 Å². The standard InChI is InChI=1S/C12H24N2S2/c1-10(9-16-2)8-13-12(15)14-11-6-4-3-5-7-11/h10-11H,3-9H2,1-2H3,(H2,13,14,15). The Labute approximate surface area is 109 Å². The summed E-state index contributed by atoms with van der Waals surface area (Å²) >= 11 is 7.20. The summed E-state index contributed by atoms with van der Waals surface area (Å²) in [4.78, 5) is 0. The van der Waals surface area contributed by atoms with Gasteiger partial charge in [-0.05, 0) is 43.0 Å². The number of thiocarbonyl (C=S) groups is 1. The van der Waals surface area contributed by atoms with Crippen molar-refractivity contribution < 1.29 is 0 Å². The van der Waals surface area contributed by atoms with Crippen LogP contribution in [0.3, 0.4) is 0 Å². The lowest BCUT2D eigenvalue weighted by atomic mass is 9.96. The van der Waals surface area contributed by atoms with Crippen molar-refractivity contribution in [3.8, 4) is 0 Å². The summed E-state index contributed by atoms with van der Waals surface area (Å²) in [5.74, 6) is 1.88. The fourth-order valence-electron chi connectivity index (χ4n) is 2.09. The molecular formula is C12H24N2S2. The van der Waals surface area contributed by atoms with Gasteiger partial charge < -0.3 is 10.6 Å². The average Bonchev–Trinajstić information content (AvgIpc) is 2.28. The second kappa shape index (κ2) is 8.18. The predicted octanol–water partition coefficient (Wildman–Crippen LogP) is 2.78. The van der Waals surface area contributed by atoms with Crippen molar-refractivity contribution in [2.75, 3.05) is 18.6 Å². The highest BCUT2D eigenvalue weighted by Crippen LogP contribution is 2.17. The number of rotatable bonds is 5. The number of nitrogens with one attached hydrogen (secondary N) is 2. The van der Waals surface area contributed by atoms with Crippen LogP contribution in [0.1, 0.15) is 39.0 Å². The van der Waals surface area contributed by atoms with Crippen molar-refractivity contribution in [2.24, 2.45) is 5.92 Å². The molecule has 1 atom stereocenters. The Kier molecular flexibility index (Phi) is 7.21. The van der Waals surface area contributed by atoms with Gasteiger partial charge in [0.25, 0.3) is 0 Å². The Morgan fingerprint density at radius 3 is 2.69 bits per heavy atom. The summed E-state index contributed by atoms with van der Waals surface area (Å²) in [5, 5.41) is 7.60. The van der Waals surface area contributed by atoms with Crippen LogP contribution in [-0.4, -0.2) is 29.7 Å². The molecule has 0 heterocycles. The lowest BCUT2D eigenvalue weighted by Crippen LogP contribution is -2.44. The average molecular weight is 260 g/mol. The van der Waals surface area contributed by atoms with Crippen LogP contribution in [0.25, 0.3) is 0 Å². The van der Waals surface area contributed by atoms with E-state index >= 15 is 0 Å². The van der Waals surface area contributed by atoms with Crippen LogP contribution >= 0.6 is 24.0 Å². The van der Waals surface area contributed by atoms with Gasteiger partial charge in [-0.1, -0.05) is 26.2 Å². The van der Waals surface area contributed by atoms with Gasteiger partial charge >= 0.3 is 0 Å². The van der Waals surface area contributed by atoms with Crippen molar-refractivity contribution in [1.82, 2.24) is 10.6 Å². The van der Waals surface area contributed by atoms with Crippen LogP contribution in [0.15, 0.2) is 0 Å². The molecule has 1 aliphatic carbocycles. The lowest BCUT2D eigenvalue weighted by Gasteiger charge is -2.25. The second-order valence-electron chi connectivity index (χ2n) is 4.75. The molecule has 2 N–H and O–H groups in total. The Hall–Kier alpha value is 0.0400. The van der Waals surface area contributed by atoms with E-state index in [1.807, 2.05) is 11.8 Å². The van der Waals surface area contributed by atoms with E-state index in [-0.39, 0.29) is 0 Å². The van der Waals surface area contributed by atoms with Gasteiger partial charge in [-0.25, -0.2) is 0 Å². The van der Waals surface area contributed by atoms with Crippen LogP contribution in [-0.2, 0) is 0 Å². The quantitative estimate of drug-likeness (QED) is 0.742. The van der Waals surface area contributed by atoms with Gasteiger partial charge in [0.15, 0.2) is 5.11 Å². The van der Waals surface area contributed by atoms with E-state index in [1.165, 1.54) is 37.9 Å². The monoisotopic (exact) mass is 260 g/mol. The molecule has 0 aliphatic heterocycles. The fraction of sp³-hybridized carbons (Fsp3) is 0.917. The third-order valence-corrected chi connectivity index (χ3v) is 4.17. The molecule has 0 aromatic heterocycles. The summed E-state index contributed by atoms with van der Waals surface area (Å²) in [6.45, 7) is 3.24. The zero-order valence-corrected chi connectivity index (χ0v) is 12.1. The molecule has 1 aliphatic rings.